The largest absolute Gasteiger partial charge is 0.312 e. The lowest BCUT2D eigenvalue weighted by molar-refractivity contribution is 0.422. The topological polar surface area (TPSA) is 29.9 Å². The van der Waals surface area contributed by atoms with E-state index in [1.165, 1.54) is 16.7 Å². The van der Waals surface area contributed by atoms with Crippen LogP contribution in [-0.4, -0.2) is 21.9 Å². The molecule has 0 fully saturated rings. The summed E-state index contributed by atoms with van der Waals surface area (Å²) in [5.74, 6) is 0. The van der Waals surface area contributed by atoms with Crippen LogP contribution in [0.25, 0.3) is 0 Å². The molecule has 0 saturated carbocycles. The summed E-state index contributed by atoms with van der Waals surface area (Å²) < 4.78 is 2.02. The number of aromatic nitrogens is 2. The Morgan fingerprint density at radius 2 is 1.81 bits per heavy atom. The second kappa shape index (κ2) is 6.90. The quantitative estimate of drug-likeness (QED) is 0.822. The van der Waals surface area contributed by atoms with Gasteiger partial charge in [-0.1, -0.05) is 29.8 Å². The van der Waals surface area contributed by atoms with E-state index in [-0.39, 0.29) is 5.54 Å². The highest BCUT2D eigenvalue weighted by molar-refractivity contribution is 5.21. The lowest BCUT2D eigenvalue weighted by Gasteiger charge is -2.20. The average Bonchev–Trinajstić information content (AvgIpc) is 2.84. The minimum absolute atomic E-state index is 0.204. The highest BCUT2D eigenvalue weighted by atomic mass is 15.3. The Kier molecular flexibility index (Phi) is 5.18. The van der Waals surface area contributed by atoms with E-state index in [0.717, 1.165) is 25.9 Å². The molecule has 0 spiro atoms. The van der Waals surface area contributed by atoms with Crippen LogP contribution in [0.15, 0.2) is 36.7 Å². The fraction of sp³-hybridized carbons (Fsp3) is 0.500. The summed E-state index contributed by atoms with van der Waals surface area (Å²) in [7, 11) is 0. The molecule has 3 heteroatoms. The lowest BCUT2D eigenvalue weighted by Crippen LogP contribution is -2.36. The van der Waals surface area contributed by atoms with Gasteiger partial charge in [-0.2, -0.15) is 5.10 Å². The number of hydrogen-bond donors (Lipinski definition) is 1. The van der Waals surface area contributed by atoms with Crippen molar-refractivity contribution in [2.75, 3.05) is 6.54 Å². The number of hydrogen-bond acceptors (Lipinski definition) is 2. The molecule has 0 atom stereocenters. The Morgan fingerprint density at radius 3 is 2.48 bits per heavy atom. The zero-order valence-corrected chi connectivity index (χ0v) is 13.7. The van der Waals surface area contributed by atoms with Crippen LogP contribution in [0.5, 0.6) is 0 Å². The van der Waals surface area contributed by atoms with E-state index < -0.39 is 0 Å². The highest BCUT2D eigenvalue weighted by Crippen LogP contribution is 2.08. The minimum Gasteiger partial charge on any atom is -0.312 e. The molecular weight excluding hydrogens is 258 g/mol. The van der Waals surface area contributed by atoms with Gasteiger partial charge >= 0.3 is 0 Å². The monoisotopic (exact) mass is 285 g/mol. The molecule has 0 amide bonds. The van der Waals surface area contributed by atoms with Crippen molar-refractivity contribution in [3.63, 3.8) is 0 Å². The highest BCUT2D eigenvalue weighted by Gasteiger charge is 2.07. The molecule has 0 aliphatic carbocycles. The molecule has 0 saturated heterocycles. The van der Waals surface area contributed by atoms with Crippen LogP contribution in [0, 0.1) is 6.92 Å². The summed E-state index contributed by atoms with van der Waals surface area (Å²) in [6.45, 7) is 10.6. The molecule has 3 nitrogen and oxygen atoms in total. The van der Waals surface area contributed by atoms with E-state index in [1.54, 1.807) is 0 Å². The fourth-order valence-corrected chi connectivity index (χ4v) is 2.26. The summed E-state index contributed by atoms with van der Waals surface area (Å²) in [6, 6.07) is 8.64. The van der Waals surface area contributed by atoms with Crippen LogP contribution in [0.4, 0.5) is 0 Å². The number of nitrogens with one attached hydrogen (secondary N) is 1. The molecule has 0 radical (unpaired) electrons. The average molecular weight is 285 g/mol. The first-order valence-electron chi connectivity index (χ1n) is 7.74. The van der Waals surface area contributed by atoms with E-state index in [4.69, 9.17) is 0 Å². The van der Waals surface area contributed by atoms with Crippen molar-refractivity contribution in [2.24, 2.45) is 0 Å². The van der Waals surface area contributed by atoms with Crippen molar-refractivity contribution < 1.29 is 0 Å². The van der Waals surface area contributed by atoms with Gasteiger partial charge in [-0.3, -0.25) is 4.68 Å². The zero-order chi connectivity index (χ0) is 15.3. The summed E-state index contributed by atoms with van der Waals surface area (Å²) in [5, 5.41) is 7.97. The van der Waals surface area contributed by atoms with Gasteiger partial charge < -0.3 is 5.32 Å². The Hall–Kier alpha value is -1.61. The van der Waals surface area contributed by atoms with E-state index in [2.05, 4.69) is 68.6 Å². The first-order chi connectivity index (χ1) is 9.92. The number of aryl methyl sites for hydroxylation is 2. The third-order valence-electron chi connectivity index (χ3n) is 3.45. The van der Waals surface area contributed by atoms with E-state index in [9.17, 15) is 0 Å². The van der Waals surface area contributed by atoms with Crippen molar-refractivity contribution in [1.82, 2.24) is 15.1 Å². The Bertz CT molecular complexity index is 547. The van der Waals surface area contributed by atoms with E-state index >= 15 is 0 Å². The van der Waals surface area contributed by atoms with Gasteiger partial charge in [0.05, 0.1) is 12.7 Å². The molecule has 2 rings (SSSR count). The van der Waals surface area contributed by atoms with Crippen molar-refractivity contribution in [1.29, 1.82) is 0 Å². The molecule has 0 aliphatic heterocycles. The van der Waals surface area contributed by atoms with Crippen molar-refractivity contribution >= 4 is 0 Å². The third-order valence-corrected chi connectivity index (χ3v) is 3.45. The van der Waals surface area contributed by atoms with Crippen LogP contribution in [0.3, 0.4) is 0 Å². The number of rotatable bonds is 6. The zero-order valence-electron chi connectivity index (χ0n) is 13.7. The third kappa shape index (κ3) is 5.72. The van der Waals surface area contributed by atoms with Crippen LogP contribution in [0.2, 0.25) is 0 Å². The fourth-order valence-electron chi connectivity index (χ4n) is 2.26. The Balaban J connectivity index is 1.80. The van der Waals surface area contributed by atoms with Crippen LogP contribution in [0.1, 0.15) is 43.9 Å². The van der Waals surface area contributed by atoms with Gasteiger partial charge in [0.1, 0.15) is 0 Å². The SMILES string of the molecule is Cc1ccc(Cn2cc(CCCNC(C)(C)C)cn2)cc1. The molecule has 1 N–H and O–H groups in total. The molecule has 0 unspecified atom stereocenters. The van der Waals surface area contributed by atoms with Crippen LogP contribution in [-0.2, 0) is 13.0 Å². The molecule has 1 aromatic heterocycles. The maximum absolute atomic E-state index is 4.46. The van der Waals surface area contributed by atoms with Crippen molar-refractivity contribution in [3.05, 3.63) is 53.3 Å². The normalized spacial score (nSPS) is 11.8. The van der Waals surface area contributed by atoms with Gasteiger partial charge in [-0.25, -0.2) is 0 Å². The lowest BCUT2D eigenvalue weighted by atomic mass is 10.1. The number of benzene rings is 1. The van der Waals surface area contributed by atoms with Gasteiger partial charge in [0.15, 0.2) is 0 Å². The minimum atomic E-state index is 0.204. The molecule has 0 bridgehead atoms. The molecule has 2 aromatic rings. The standard InChI is InChI=1S/C18H27N3/c1-15-7-9-16(10-8-15)13-21-14-17(12-20-21)6-5-11-19-18(2,3)4/h7-10,12,14,19H,5-6,11,13H2,1-4H3. The second-order valence-electron chi connectivity index (χ2n) is 6.81. The van der Waals surface area contributed by atoms with E-state index in [1.807, 2.05) is 10.9 Å². The van der Waals surface area contributed by atoms with Crippen molar-refractivity contribution in [2.45, 2.75) is 52.6 Å². The number of nitrogens with zero attached hydrogens (tertiary/aromatic N) is 2. The smallest absolute Gasteiger partial charge is 0.0659 e. The Morgan fingerprint density at radius 1 is 1.10 bits per heavy atom. The first kappa shape index (κ1) is 15.8. The Labute approximate surface area is 128 Å². The molecule has 0 aliphatic rings. The predicted molar refractivity (Wildman–Crippen MR) is 88.6 cm³/mol. The maximum Gasteiger partial charge on any atom is 0.0659 e. The van der Waals surface area contributed by atoms with E-state index in [0.29, 0.717) is 0 Å². The molecule has 21 heavy (non-hydrogen) atoms. The summed E-state index contributed by atoms with van der Waals surface area (Å²) >= 11 is 0. The summed E-state index contributed by atoms with van der Waals surface area (Å²) in [6.07, 6.45) is 6.38. The molecular formula is C18H27N3. The summed E-state index contributed by atoms with van der Waals surface area (Å²) in [5.41, 5.74) is 4.11. The molecule has 1 heterocycles. The van der Waals surface area contributed by atoms with Gasteiger partial charge in [0.25, 0.3) is 0 Å². The molecule has 1 aromatic carbocycles. The predicted octanol–water partition coefficient (Wildman–Crippen LogP) is 3.56. The van der Waals surface area contributed by atoms with Gasteiger partial charge in [0.2, 0.25) is 0 Å². The second-order valence-corrected chi connectivity index (χ2v) is 6.81. The summed E-state index contributed by atoms with van der Waals surface area (Å²) in [4.78, 5) is 0. The first-order valence-corrected chi connectivity index (χ1v) is 7.74. The van der Waals surface area contributed by atoms with Crippen LogP contribution < -0.4 is 5.32 Å². The van der Waals surface area contributed by atoms with Crippen LogP contribution >= 0.6 is 0 Å². The molecule has 114 valence electrons. The van der Waals surface area contributed by atoms with Gasteiger partial charge in [-0.05, 0) is 58.2 Å². The maximum atomic E-state index is 4.46. The van der Waals surface area contributed by atoms with Crippen molar-refractivity contribution in [3.8, 4) is 0 Å². The van der Waals surface area contributed by atoms with Gasteiger partial charge in [-0.15, -0.1) is 0 Å². The van der Waals surface area contributed by atoms with Gasteiger partial charge in [0, 0.05) is 11.7 Å².